The average Bonchev–Trinajstić information content (AvgIpc) is 1.94. The van der Waals surface area contributed by atoms with Crippen LogP contribution in [0, 0.1) is 6.92 Å². The summed E-state index contributed by atoms with van der Waals surface area (Å²) in [6.07, 6.45) is 0. The van der Waals surface area contributed by atoms with Crippen LogP contribution in [0.2, 0.25) is 0 Å². The van der Waals surface area contributed by atoms with Gasteiger partial charge in [-0.15, -0.1) is 0 Å². The molecule has 0 saturated carbocycles. The largest absolute Gasteiger partial charge is 0.315 e. The topological polar surface area (TPSA) is 29.1 Å². The fourth-order valence-corrected chi connectivity index (χ4v) is 1.63. The van der Waals surface area contributed by atoms with Crippen molar-refractivity contribution in [1.29, 1.82) is 0 Å². The van der Waals surface area contributed by atoms with E-state index >= 15 is 0 Å². The predicted molar refractivity (Wildman–Crippen MR) is 56.8 cm³/mol. The van der Waals surface area contributed by atoms with E-state index in [0.29, 0.717) is 0 Å². The van der Waals surface area contributed by atoms with E-state index in [2.05, 4.69) is 37.2 Å². The van der Waals surface area contributed by atoms with Crippen LogP contribution in [-0.2, 0) is 0 Å². The molecule has 12 heavy (non-hydrogen) atoms. The minimum absolute atomic E-state index is 0.243. The van der Waals surface area contributed by atoms with Crippen molar-refractivity contribution < 1.29 is 4.79 Å². The van der Waals surface area contributed by atoms with Crippen LogP contribution in [0.3, 0.4) is 0 Å². The Hall–Kier alpha value is -0.350. The number of halogens is 2. The summed E-state index contributed by atoms with van der Waals surface area (Å²) in [7, 11) is 0. The Kier molecular flexibility index (Phi) is 3.29. The van der Waals surface area contributed by atoms with Crippen molar-refractivity contribution in [2.45, 2.75) is 6.92 Å². The predicted octanol–water partition coefficient (Wildman–Crippen LogP) is 3.68. The van der Waals surface area contributed by atoms with Crippen molar-refractivity contribution in [2.24, 2.45) is 0 Å². The Bertz CT molecular complexity index is 312. The van der Waals surface area contributed by atoms with Crippen molar-refractivity contribution in [3.63, 3.8) is 0 Å². The molecular formula is C8H7Br2NO. The second-order valence-corrected chi connectivity index (χ2v) is 3.96. The van der Waals surface area contributed by atoms with Crippen LogP contribution in [0.5, 0.6) is 0 Å². The highest BCUT2D eigenvalue weighted by molar-refractivity contribution is 9.18. The molecule has 0 saturated heterocycles. The molecule has 0 aliphatic carbocycles. The molecule has 0 aliphatic rings. The normalized spacial score (nSPS) is 9.58. The van der Waals surface area contributed by atoms with Crippen LogP contribution < -0.4 is 5.32 Å². The van der Waals surface area contributed by atoms with Gasteiger partial charge in [0.25, 0.3) is 4.82 Å². The summed E-state index contributed by atoms with van der Waals surface area (Å²) in [6.45, 7) is 1.99. The zero-order valence-corrected chi connectivity index (χ0v) is 9.57. The third-order valence-corrected chi connectivity index (χ3v) is 2.21. The first-order chi connectivity index (χ1) is 5.59. The Morgan fingerprint density at radius 3 is 2.67 bits per heavy atom. The van der Waals surface area contributed by atoms with Gasteiger partial charge in [0, 0.05) is 20.4 Å². The Morgan fingerprint density at radius 1 is 1.50 bits per heavy atom. The molecule has 2 nitrogen and oxygen atoms in total. The zero-order valence-electron chi connectivity index (χ0n) is 6.40. The van der Waals surface area contributed by atoms with Gasteiger partial charge in [0.1, 0.15) is 0 Å². The number of benzene rings is 1. The van der Waals surface area contributed by atoms with Crippen LogP contribution in [0.15, 0.2) is 22.7 Å². The van der Waals surface area contributed by atoms with E-state index in [9.17, 15) is 4.79 Å². The summed E-state index contributed by atoms with van der Waals surface area (Å²) >= 11 is 6.13. The van der Waals surface area contributed by atoms with Gasteiger partial charge in [-0.25, -0.2) is 0 Å². The molecule has 0 unspecified atom stereocenters. The molecular weight excluding hydrogens is 286 g/mol. The lowest BCUT2D eigenvalue weighted by molar-refractivity contribution is 0.270. The molecule has 0 radical (unpaired) electrons. The van der Waals surface area contributed by atoms with Gasteiger partial charge >= 0.3 is 0 Å². The quantitative estimate of drug-likeness (QED) is 0.621. The monoisotopic (exact) mass is 291 g/mol. The smallest absolute Gasteiger partial charge is 0.291 e. The van der Waals surface area contributed by atoms with Gasteiger partial charge < -0.3 is 5.32 Å². The second kappa shape index (κ2) is 4.05. The van der Waals surface area contributed by atoms with Crippen molar-refractivity contribution in [1.82, 2.24) is 0 Å². The van der Waals surface area contributed by atoms with Gasteiger partial charge in [-0.2, -0.15) is 0 Å². The van der Waals surface area contributed by atoms with E-state index in [1.165, 1.54) is 0 Å². The molecule has 0 aromatic heterocycles. The van der Waals surface area contributed by atoms with E-state index in [4.69, 9.17) is 0 Å². The highest BCUT2D eigenvalue weighted by Crippen LogP contribution is 2.23. The number of nitrogens with one attached hydrogen (secondary N) is 1. The van der Waals surface area contributed by atoms with E-state index in [1.54, 1.807) is 0 Å². The maximum absolute atomic E-state index is 10.6. The van der Waals surface area contributed by atoms with Crippen LogP contribution in [0.4, 0.5) is 10.5 Å². The average molecular weight is 293 g/mol. The number of amides is 1. The highest BCUT2D eigenvalue weighted by Gasteiger charge is 2.01. The molecule has 0 spiro atoms. The van der Waals surface area contributed by atoms with Gasteiger partial charge in [-0.1, -0.05) is 6.07 Å². The van der Waals surface area contributed by atoms with Gasteiger partial charge in [-0.05, 0) is 40.5 Å². The van der Waals surface area contributed by atoms with Gasteiger partial charge in [0.2, 0.25) is 0 Å². The number of carbonyl (C=O) groups excluding carboxylic acids is 1. The summed E-state index contributed by atoms with van der Waals surface area (Å²) in [6, 6.07) is 5.72. The number of hydrogen-bond donors (Lipinski definition) is 1. The Balaban J connectivity index is 2.93. The molecule has 0 atom stereocenters. The molecule has 0 aliphatic heterocycles. The number of hydrogen-bond acceptors (Lipinski definition) is 1. The first-order valence-electron chi connectivity index (χ1n) is 3.32. The van der Waals surface area contributed by atoms with E-state index in [1.807, 2.05) is 25.1 Å². The van der Waals surface area contributed by atoms with E-state index in [-0.39, 0.29) is 4.82 Å². The fraction of sp³-hybridized carbons (Fsp3) is 0.125. The summed E-state index contributed by atoms with van der Waals surface area (Å²) in [5, 5.41) is 2.63. The van der Waals surface area contributed by atoms with Crippen molar-refractivity contribution in [2.75, 3.05) is 5.32 Å². The maximum atomic E-state index is 10.6. The molecule has 0 bridgehead atoms. The molecule has 0 heterocycles. The maximum Gasteiger partial charge on any atom is 0.291 e. The van der Waals surface area contributed by atoms with Gasteiger partial charge in [0.15, 0.2) is 0 Å². The van der Waals surface area contributed by atoms with Crippen LogP contribution in [-0.4, -0.2) is 4.82 Å². The number of carbonyl (C=O) groups is 1. The third kappa shape index (κ3) is 2.60. The lowest BCUT2D eigenvalue weighted by Crippen LogP contribution is -2.00. The molecule has 64 valence electrons. The lowest BCUT2D eigenvalue weighted by atomic mass is 10.2. The third-order valence-electron chi connectivity index (χ3n) is 1.36. The first-order valence-corrected chi connectivity index (χ1v) is 4.91. The summed E-state index contributed by atoms with van der Waals surface area (Å²) in [5.74, 6) is 0. The second-order valence-electron chi connectivity index (χ2n) is 2.38. The van der Waals surface area contributed by atoms with Crippen LogP contribution >= 0.6 is 31.9 Å². The summed E-state index contributed by atoms with van der Waals surface area (Å²) in [5.41, 5.74) is 1.91. The van der Waals surface area contributed by atoms with Crippen molar-refractivity contribution in [3.8, 4) is 0 Å². The highest BCUT2D eigenvalue weighted by atomic mass is 79.9. The molecule has 4 heteroatoms. The Morgan fingerprint density at radius 2 is 2.17 bits per heavy atom. The van der Waals surface area contributed by atoms with Crippen molar-refractivity contribution >= 4 is 42.4 Å². The molecule has 1 rings (SSSR count). The molecule has 1 amide bonds. The minimum Gasteiger partial charge on any atom is -0.315 e. The van der Waals surface area contributed by atoms with Crippen LogP contribution in [0.1, 0.15) is 5.56 Å². The van der Waals surface area contributed by atoms with E-state index in [0.717, 1.165) is 15.7 Å². The SMILES string of the molecule is Cc1ccc(NC(=O)Br)c(Br)c1. The summed E-state index contributed by atoms with van der Waals surface area (Å²) < 4.78 is 0.885. The van der Waals surface area contributed by atoms with Crippen LogP contribution in [0.25, 0.3) is 0 Å². The number of anilines is 1. The molecule has 1 N–H and O–H groups in total. The molecule has 1 aromatic carbocycles. The first kappa shape index (κ1) is 9.74. The summed E-state index contributed by atoms with van der Waals surface area (Å²) in [4.78, 5) is 10.4. The Labute approximate surface area is 87.6 Å². The standard InChI is InChI=1S/C8H7Br2NO/c1-5-2-3-7(6(9)4-5)11-8(10)12/h2-4H,1H3,(H,11,12). The van der Waals surface area contributed by atoms with Gasteiger partial charge in [0.05, 0.1) is 5.69 Å². The van der Waals surface area contributed by atoms with E-state index < -0.39 is 0 Å². The molecule has 0 fully saturated rings. The number of aryl methyl sites for hydroxylation is 1. The van der Waals surface area contributed by atoms with Crippen molar-refractivity contribution in [3.05, 3.63) is 28.2 Å². The minimum atomic E-state index is -0.243. The molecule has 1 aromatic rings. The zero-order chi connectivity index (χ0) is 9.14. The number of rotatable bonds is 1. The lowest BCUT2D eigenvalue weighted by Gasteiger charge is -2.03. The van der Waals surface area contributed by atoms with Gasteiger partial charge in [-0.3, -0.25) is 4.79 Å². The fourth-order valence-electron chi connectivity index (χ4n) is 0.827.